The molecule has 1 aromatic heterocycles. The average Bonchev–Trinajstić information content (AvgIpc) is 2.46. The SMILES string of the molecule is NC(=S)c1ccc(CNC(=O)c2ccc(Br)cn2)cc1. The van der Waals surface area contributed by atoms with E-state index in [1.54, 1.807) is 18.3 Å². The van der Waals surface area contributed by atoms with Crippen molar-refractivity contribution in [1.82, 2.24) is 10.3 Å². The van der Waals surface area contributed by atoms with Crippen LogP contribution in [0.3, 0.4) is 0 Å². The molecule has 0 unspecified atom stereocenters. The summed E-state index contributed by atoms with van der Waals surface area (Å²) in [5, 5.41) is 2.80. The number of carbonyl (C=O) groups is 1. The van der Waals surface area contributed by atoms with Gasteiger partial charge in [0, 0.05) is 22.8 Å². The molecule has 0 aliphatic heterocycles. The molecule has 0 aliphatic carbocycles. The lowest BCUT2D eigenvalue weighted by Gasteiger charge is -2.06. The van der Waals surface area contributed by atoms with Crippen LogP contribution in [0.5, 0.6) is 0 Å². The first kappa shape index (κ1) is 14.6. The van der Waals surface area contributed by atoms with Crippen molar-refractivity contribution in [3.8, 4) is 0 Å². The second-order valence-electron chi connectivity index (χ2n) is 4.11. The summed E-state index contributed by atoms with van der Waals surface area (Å²) in [7, 11) is 0. The fourth-order valence-electron chi connectivity index (χ4n) is 1.57. The molecule has 1 amide bonds. The van der Waals surface area contributed by atoms with E-state index in [1.165, 1.54) is 0 Å². The van der Waals surface area contributed by atoms with Crippen LogP contribution in [0, 0.1) is 0 Å². The Hall–Kier alpha value is -1.79. The van der Waals surface area contributed by atoms with E-state index in [2.05, 4.69) is 26.2 Å². The number of aromatic nitrogens is 1. The maximum Gasteiger partial charge on any atom is 0.270 e. The van der Waals surface area contributed by atoms with Crippen molar-refractivity contribution in [2.45, 2.75) is 6.54 Å². The minimum absolute atomic E-state index is 0.212. The van der Waals surface area contributed by atoms with Crippen LogP contribution in [0.1, 0.15) is 21.6 Å². The summed E-state index contributed by atoms with van der Waals surface area (Å²) in [5.41, 5.74) is 7.68. The van der Waals surface area contributed by atoms with Crippen LogP contribution in [0.4, 0.5) is 0 Å². The monoisotopic (exact) mass is 349 g/mol. The van der Waals surface area contributed by atoms with Gasteiger partial charge in [-0.2, -0.15) is 0 Å². The van der Waals surface area contributed by atoms with Crippen LogP contribution in [-0.4, -0.2) is 15.9 Å². The third-order valence-electron chi connectivity index (χ3n) is 2.65. The predicted octanol–water partition coefficient (Wildman–Crippen LogP) is 2.41. The topological polar surface area (TPSA) is 68.0 Å². The molecular formula is C14H12BrN3OS. The second kappa shape index (κ2) is 6.58. The number of hydrogen-bond donors (Lipinski definition) is 2. The Bertz CT molecular complexity index is 626. The van der Waals surface area contributed by atoms with Crippen LogP contribution in [0.2, 0.25) is 0 Å². The van der Waals surface area contributed by atoms with E-state index >= 15 is 0 Å². The zero-order chi connectivity index (χ0) is 14.5. The van der Waals surface area contributed by atoms with Crippen molar-refractivity contribution in [2.24, 2.45) is 5.73 Å². The van der Waals surface area contributed by atoms with Crippen molar-refractivity contribution in [3.63, 3.8) is 0 Å². The van der Waals surface area contributed by atoms with Gasteiger partial charge in [0.15, 0.2) is 0 Å². The molecule has 20 heavy (non-hydrogen) atoms. The molecule has 0 radical (unpaired) electrons. The Morgan fingerprint density at radius 3 is 2.50 bits per heavy atom. The molecule has 2 aromatic rings. The maximum absolute atomic E-state index is 11.9. The van der Waals surface area contributed by atoms with Crippen molar-refractivity contribution >= 4 is 39.0 Å². The van der Waals surface area contributed by atoms with Gasteiger partial charge >= 0.3 is 0 Å². The van der Waals surface area contributed by atoms with E-state index < -0.39 is 0 Å². The van der Waals surface area contributed by atoms with E-state index in [-0.39, 0.29) is 5.91 Å². The van der Waals surface area contributed by atoms with Crippen molar-refractivity contribution in [3.05, 3.63) is 63.9 Å². The summed E-state index contributed by atoms with van der Waals surface area (Å²) in [6, 6.07) is 10.9. The molecule has 0 saturated heterocycles. The maximum atomic E-state index is 11.9. The lowest BCUT2D eigenvalue weighted by Crippen LogP contribution is -2.23. The molecule has 1 aromatic carbocycles. The predicted molar refractivity (Wildman–Crippen MR) is 85.4 cm³/mol. The largest absolute Gasteiger partial charge is 0.389 e. The van der Waals surface area contributed by atoms with Gasteiger partial charge in [-0.3, -0.25) is 4.79 Å². The van der Waals surface area contributed by atoms with Gasteiger partial charge in [0.05, 0.1) is 0 Å². The van der Waals surface area contributed by atoms with Gasteiger partial charge in [-0.15, -0.1) is 0 Å². The highest BCUT2D eigenvalue weighted by Crippen LogP contribution is 2.08. The van der Waals surface area contributed by atoms with Gasteiger partial charge in [-0.05, 0) is 33.6 Å². The average molecular weight is 350 g/mol. The molecule has 102 valence electrons. The number of thiocarbonyl (C=S) groups is 1. The first-order valence-electron chi connectivity index (χ1n) is 5.85. The number of nitrogens with one attached hydrogen (secondary N) is 1. The van der Waals surface area contributed by atoms with E-state index in [0.29, 0.717) is 17.2 Å². The van der Waals surface area contributed by atoms with Crippen LogP contribution in [-0.2, 0) is 6.54 Å². The molecule has 0 atom stereocenters. The number of nitrogens with two attached hydrogens (primary N) is 1. The zero-order valence-electron chi connectivity index (χ0n) is 10.5. The molecule has 2 rings (SSSR count). The number of halogens is 1. The Morgan fingerprint density at radius 1 is 1.25 bits per heavy atom. The number of nitrogens with zero attached hydrogens (tertiary/aromatic N) is 1. The molecule has 0 bridgehead atoms. The number of benzene rings is 1. The number of rotatable bonds is 4. The van der Waals surface area contributed by atoms with E-state index in [0.717, 1.165) is 15.6 Å². The van der Waals surface area contributed by atoms with E-state index in [4.69, 9.17) is 18.0 Å². The van der Waals surface area contributed by atoms with Crippen molar-refractivity contribution in [2.75, 3.05) is 0 Å². The quantitative estimate of drug-likeness (QED) is 0.831. The molecule has 0 saturated carbocycles. The van der Waals surface area contributed by atoms with Gasteiger partial charge < -0.3 is 11.1 Å². The van der Waals surface area contributed by atoms with Gasteiger partial charge in [0.1, 0.15) is 10.7 Å². The number of carbonyl (C=O) groups excluding carboxylic acids is 1. The van der Waals surface area contributed by atoms with Gasteiger partial charge in [-0.25, -0.2) is 4.98 Å². The summed E-state index contributed by atoms with van der Waals surface area (Å²) in [4.78, 5) is 16.3. The van der Waals surface area contributed by atoms with Crippen molar-refractivity contribution in [1.29, 1.82) is 0 Å². The molecule has 3 N–H and O–H groups in total. The Labute approximate surface area is 130 Å². The highest BCUT2D eigenvalue weighted by molar-refractivity contribution is 9.10. The number of pyridine rings is 1. The summed E-state index contributed by atoms with van der Waals surface area (Å²) in [5.74, 6) is -0.212. The standard InChI is InChI=1S/C14H12BrN3OS/c15-11-5-6-12(17-8-11)14(19)18-7-9-1-3-10(4-2-9)13(16)20/h1-6,8H,7H2,(H2,16,20)(H,18,19). The molecule has 6 heteroatoms. The fourth-order valence-corrected chi connectivity index (χ4v) is 1.94. The normalized spacial score (nSPS) is 10.1. The first-order valence-corrected chi connectivity index (χ1v) is 7.05. The number of hydrogen-bond acceptors (Lipinski definition) is 3. The van der Waals surface area contributed by atoms with Crippen LogP contribution in [0.15, 0.2) is 47.1 Å². The molecule has 0 spiro atoms. The highest BCUT2D eigenvalue weighted by Gasteiger charge is 2.06. The van der Waals surface area contributed by atoms with Gasteiger partial charge in [-0.1, -0.05) is 36.5 Å². The summed E-state index contributed by atoms with van der Waals surface area (Å²) >= 11 is 8.16. The van der Waals surface area contributed by atoms with Crippen LogP contribution in [0.25, 0.3) is 0 Å². The van der Waals surface area contributed by atoms with Gasteiger partial charge in [0.25, 0.3) is 5.91 Å². The lowest BCUT2D eigenvalue weighted by atomic mass is 10.1. The smallest absolute Gasteiger partial charge is 0.270 e. The second-order valence-corrected chi connectivity index (χ2v) is 5.46. The Kier molecular flexibility index (Phi) is 4.81. The Balaban J connectivity index is 1.96. The van der Waals surface area contributed by atoms with Crippen LogP contribution < -0.4 is 11.1 Å². The van der Waals surface area contributed by atoms with Crippen LogP contribution >= 0.6 is 28.1 Å². The Morgan fingerprint density at radius 2 is 1.95 bits per heavy atom. The summed E-state index contributed by atoms with van der Waals surface area (Å²) < 4.78 is 0.836. The fraction of sp³-hybridized carbons (Fsp3) is 0.0714. The van der Waals surface area contributed by atoms with E-state index in [9.17, 15) is 4.79 Å². The minimum atomic E-state index is -0.212. The lowest BCUT2D eigenvalue weighted by molar-refractivity contribution is 0.0946. The molecular weight excluding hydrogens is 338 g/mol. The van der Waals surface area contributed by atoms with Gasteiger partial charge in [0.2, 0.25) is 0 Å². The van der Waals surface area contributed by atoms with E-state index in [1.807, 2.05) is 24.3 Å². The van der Waals surface area contributed by atoms with Crippen molar-refractivity contribution < 1.29 is 4.79 Å². The third kappa shape index (κ3) is 3.85. The zero-order valence-corrected chi connectivity index (χ0v) is 12.9. The summed E-state index contributed by atoms with van der Waals surface area (Å²) in [6.07, 6.45) is 1.59. The first-order chi connectivity index (χ1) is 9.56. The minimum Gasteiger partial charge on any atom is -0.389 e. The number of amides is 1. The summed E-state index contributed by atoms with van der Waals surface area (Å²) in [6.45, 7) is 0.425. The highest BCUT2D eigenvalue weighted by atomic mass is 79.9. The molecule has 4 nitrogen and oxygen atoms in total. The molecule has 0 aliphatic rings. The third-order valence-corrected chi connectivity index (χ3v) is 3.36. The molecule has 0 fully saturated rings. The molecule has 1 heterocycles.